The number of carbonyl (C=O) groups excluding carboxylic acids is 4. The molecule has 0 unspecified atom stereocenters. The summed E-state index contributed by atoms with van der Waals surface area (Å²) < 4.78 is 10.5. The second-order valence-electron chi connectivity index (χ2n) is 6.09. The number of rotatable bonds is 6. The number of amides is 2. The normalized spacial score (nSPS) is 15.2. The first-order valence-corrected chi connectivity index (χ1v) is 9.45. The quantitative estimate of drug-likeness (QED) is 0.522. The van der Waals surface area contributed by atoms with Gasteiger partial charge in [-0.15, -0.1) is 0 Å². The van der Waals surface area contributed by atoms with E-state index in [4.69, 9.17) is 9.15 Å². The highest BCUT2D eigenvalue weighted by atomic mass is 32.2. The van der Waals surface area contributed by atoms with E-state index in [1.54, 1.807) is 32.0 Å². The van der Waals surface area contributed by atoms with Crippen LogP contribution in [0.3, 0.4) is 0 Å². The highest BCUT2D eigenvalue weighted by Crippen LogP contribution is 2.33. The van der Waals surface area contributed by atoms with Crippen molar-refractivity contribution in [3.63, 3.8) is 0 Å². The first-order chi connectivity index (χ1) is 13.8. The van der Waals surface area contributed by atoms with Gasteiger partial charge < -0.3 is 19.1 Å². The van der Waals surface area contributed by atoms with Gasteiger partial charge in [0.1, 0.15) is 18.1 Å². The van der Waals surface area contributed by atoms with Crippen molar-refractivity contribution in [2.24, 2.45) is 0 Å². The van der Waals surface area contributed by atoms with Crippen LogP contribution < -0.4 is 5.11 Å². The van der Waals surface area contributed by atoms with Crippen LogP contribution in [0.15, 0.2) is 39.7 Å². The number of carboxylic acid groups (broad SMARTS) is 1. The van der Waals surface area contributed by atoms with Crippen LogP contribution in [-0.2, 0) is 14.3 Å². The lowest BCUT2D eigenvalue weighted by Crippen LogP contribution is -2.34. The summed E-state index contributed by atoms with van der Waals surface area (Å²) in [5, 5.41) is 10.4. The third kappa shape index (κ3) is 4.40. The zero-order valence-electron chi connectivity index (χ0n) is 15.6. The number of imide groups is 1. The number of aromatic carboxylic acids is 1. The minimum Gasteiger partial charge on any atom is -0.545 e. The number of hydrogen-bond acceptors (Lipinski definition) is 8. The SMILES string of the molecule is CCOC(=O)CN1C(=O)S/C(=C/c2ccc(-c3ccc(C(=O)[O-])cc3C)o2)C1=O. The molecule has 0 N–H and O–H groups in total. The van der Waals surface area contributed by atoms with E-state index in [-0.39, 0.29) is 17.1 Å². The summed E-state index contributed by atoms with van der Waals surface area (Å²) in [5.74, 6) is -1.71. The van der Waals surface area contributed by atoms with Crippen LogP contribution in [0.5, 0.6) is 0 Å². The highest BCUT2D eigenvalue weighted by Gasteiger charge is 2.36. The molecule has 1 saturated heterocycles. The molecule has 0 radical (unpaired) electrons. The van der Waals surface area contributed by atoms with Crippen LogP contribution in [0.1, 0.15) is 28.6 Å². The van der Waals surface area contributed by atoms with Gasteiger partial charge in [-0.05, 0) is 54.9 Å². The standard InChI is InChI=1S/C20H17NO7S/c1-3-27-17(22)10-21-18(23)16(29-20(21)26)9-13-5-7-15(28-13)14-6-4-12(19(24)25)8-11(14)2/h4-9H,3,10H2,1-2H3,(H,24,25)/p-1/b16-9+. The lowest BCUT2D eigenvalue weighted by atomic mass is 10.0. The molecule has 2 amide bonds. The number of esters is 1. The van der Waals surface area contributed by atoms with Crippen molar-refractivity contribution < 1.29 is 33.4 Å². The summed E-state index contributed by atoms with van der Waals surface area (Å²) in [5.41, 5.74) is 1.43. The summed E-state index contributed by atoms with van der Waals surface area (Å²) in [4.78, 5) is 47.9. The van der Waals surface area contributed by atoms with E-state index >= 15 is 0 Å². The Balaban J connectivity index is 1.80. The summed E-state index contributed by atoms with van der Waals surface area (Å²) >= 11 is 0.709. The van der Waals surface area contributed by atoms with E-state index < -0.39 is 29.6 Å². The Labute approximate surface area is 170 Å². The molecule has 0 aliphatic carbocycles. The van der Waals surface area contributed by atoms with E-state index in [1.165, 1.54) is 18.2 Å². The van der Waals surface area contributed by atoms with Gasteiger partial charge in [0.05, 0.1) is 17.5 Å². The molecule has 1 fully saturated rings. The molecule has 0 saturated carbocycles. The van der Waals surface area contributed by atoms with Crippen molar-refractivity contribution >= 4 is 40.9 Å². The van der Waals surface area contributed by atoms with Crippen molar-refractivity contribution in [3.05, 3.63) is 52.1 Å². The van der Waals surface area contributed by atoms with E-state index in [0.717, 1.165) is 4.90 Å². The van der Waals surface area contributed by atoms with E-state index in [0.29, 0.717) is 34.4 Å². The fourth-order valence-corrected chi connectivity index (χ4v) is 3.56. The fourth-order valence-electron chi connectivity index (χ4n) is 2.74. The number of carboxylic acids is 1. The maximum atomic E-state index is 12.4. The lowest BCUT2D eigenvalue weighted by molar-refractivity contribution is -0.255. The van der Waals surface area contributed by atoms with Gasteiger partial charge in [0.15, 0.2) is 0 Å². The third-order valence-corrected chi connectivity index (χ3v) is 5.00. The molecule has 150 valence electrons. The van der Waals surface area contributed by atoms with Crippen molar-refractivity contribution in [3.8, 4) is 11.3 Å². The Morgan fingerprint density at radius 3 is 2.66 bits per heavy atom. The molecule has 1 aliphatic heterocycles. The minimum absolute atomic E-state index is 0.0632. The zero-order valence-corrected chi connectivity index (χ0v) is 16.4. The van der Waals surface area contributed by atoms with Crippen LogP contribution >= 0.6 is 11.8 Å². The fraction of sp³-hybridized carbons (Fsp3) is 0.200. The number of aryl methyl sites for hydroxylation is 1. The average Bonchev–Trinajstić information content (AvgIpc) is 3.22. The second-order valence-corrected chi connectivity index (χ2v) is 7.09. The number of thioether (sulfide) groups is 1. The molecule has 3 rings (SSSR count). The molecular formula is C20H16NO7S-. The molecule has 0 bridgehead atoms. The first kappa shape index (κ1) is 20.4. The van der Waals surface area contributed by atoms with Crippen molar-refractivity contribution in [2.45, 2.75) is 13.8 Å². The Kier molecular flexibility index (Phi) is 5.88. The Morgan fingerprint density at radius 2 is 2.00 bits per heavy atom. The Hall–Kier alpha value is -3.33. The van der Waals surface area contributed by atoms with Crippen LogP contribution in [-0.4, -0.2) is 41.1 Å². The van der Waals surface area contributed by atoms with Crippen molar-refractivity contribution in [2.75, 3.05) is 13.2 Å². The molecule has 0 atom stereocenters. The molecule has 29 heavy (non-hydrogen) atoms. The van der Waals surface area contributed by atoms with E-state index in [1.807, 2.05) is 0 Å². The van der Waals surface area contributed by atoms with Gasteiger partial charge >= 0.3 is 5.97 Å². The molecule has 1 aromatic heterocycles. The maximum absolute atomic E-state index is 12.4. The number of hydrogen-bond donors (Lipinski definition) is 0. The van der Waals surface area contributed by atoms with Crippen LogP contribution in [0.4, 0.5) is 4.79 Å². The number of carbonyl (C=O) groups is 4. The highest BCUT2D eigenvalue weighted by molar-refractivity contribution is 8.18. The average molecular weight is 414 g/mol. The number of nitrogens with zero attached hydrogens (tertiary/aromatic N) is 1. The summed E-state index contributed by atoms with van der Waals surface area (Å²) in [6, 6.07) is 7.81. The predicted octanol–water partition coefficient (Wildman–Crippen LogP) is 2.22. The molecule has 2 heterocycles. The lowest BCUT2D eigenvalue weighted by Gasteiger charge is -2.10. The van der Waals surface area contributed by atoms with Gasteiger partial charge in [-0.3, -0.25) is 19.3 Å². The predicted molar refractivity (Wildman–Crippen MR) is 103 cm³/mol. The summed E-state index contributed by atoms with van der Waals surface area (Å²) in [7, 11) is 0. The van der Waals surface area contributed by atoms with Crippen LogP contribution in [0, 0.1) is 6.92 Å². The Bertz CT molecular complexity index is 1040. The number of furan rings is 1. The van der Waals surface area contributed by atoms with E-state index in [9.17, 15) is 24.3 Å². The van der Waals surface area contributed by atoms with Crippen molar-refractivity contribution in [1.29, 1.82) is 0 Å². The number of benzene rings is 1. The molecular weight excluding hydrogens is 398 g/mol. The van der Waals surface area contributed by atoms with Crippen LogP contribution in [0.25, 0.3) is 17.4 Å². The zero-order chi connectivity index (χ0) is 21.1. The smallest absolute Gasteiger partial charge is 0.326 e. The molecule has 8 nitrogen and oxygen atoms in total. The molecule has 2 aromatic rings. The summed E-state index contributed by atoms with van der Waals surface area (Å²) in [6.45, 7) is 3.09. The largest absolute Gasteiger partial charge is 0.545 e. The van der Waals surface area contributed by atoms with Gasteiger partial charge in [-0.25, -0.2) is 0 Å². The monoisotopic (exact) mass is 414 g/mol. The topological polar surface area (TPSA) is 117 Å². The van der Waals surface area contributed by atoms with Gasteiger partial charge in [-0.1, -0.05) is 12.1 Å². The minimum atomic E-state index is -1.27. The van der Waals surface area contributed by atoms with Crippen LogP contribution in [0.2, 0.25) is 0 Å². The van der Waals surface area contributed by atoms with Gasteiger partial charge in [0.2, 0.25) is 0 Å². The Morgan fingerprint density at radius 1 is 1.24 bits per heavy atom. The molecule has 1 aromatic carbocycles. The maximum Gasteiger partial charge on any atom is 0.326 e. The van der Waals surface area contributed by atoms with Crippen molar-refractivity contribution in [1.82, 2.24) is 4.90 Å². The second kappa shape index (κ2) is 8.36. The molecule has 9 heteroatoms. The summed E-state index contributed by atoms with van der Waals surface area (Å²) in [6.07, 6.45) is 1.42. The van der Waals surface area contributed by atoms with E-state index in [2.05, 4.69) is 0 Å². The van der Waals surface area contributed by atoms with Gasteiger partial charge in [0, 0.05) is 11.6 Å². The first-order valence-electron chi connectivity index (χ1n) is 8.63. The third-order valence-electron chi connectivity index (χ3n) is 4.09. The molecule has 0 spiro atoms. The molecule has 1 aliphatic rings. The van der Waals surface area contributed by atoms with Gasteiger partial charge in [-0.2, -0.15) is 0 Å². The van der Waals surface area contributed by atoms with Gasteiger partial charge in [0.25, 0.3) is 11.1 Å². The number of ether oxygens (including phenoxy) is 1.